The Bertz CT molecular complexity index is 232. The predicted octanol–water partition coefficient (Wildman–Crippen LogP) is 2.92. The number of ether oxygens (including phenoxy) is 1. The molecule has 13 heavy (non-hydrogen) atoms. The third kappa shape index (κ3) is 1.30. The molecule has 0 aromatic carbocycles. The number of halogens is 4. The second kappa shape index (κ2) is 2.53. The predicted molar refractivity (Wildman–Crippen MR) is 49.9 cm³/mol. The molecule has 76 valence electrons. The molecular weight excluding hydrogens is 296 g/mol. The lowest BCUT2D eigenvalue weighted by molar-refractivity contribution is -0.221. The van der Waals surface area contributed by atoms with E-state index in [1.807, 2.05) is 0 Å². The maximum Gasteiger partial charge on any atom is 0.415 e. The molecule has 2 aliphatic heterocycles. The van der Waals surface area contributed by atoms with Gasteiger partial charge in [0.05, 0.1) is 5.60 Å². The largest absolute Gasteiger partial charge is 0.415 e. The fourth-order valence-corrected chi connectivity index (χ4v) is 3.39. The third-order valence-electron chi connectivity index (χ3n) is 2.99. The van der Waals surface area contributed by atoms with Crippen LogP contribution < -0.4 is 0 Å². The van der Waals surface area contributed by atoms with Gasteiger partial charge in [-0.3, -0.25) is 0 Å². The molecule has 0 amide bonds. The van der Waals surface area contributed by atoms with Gasteiger partial charge in [0.15, 0.2) is 6.10 Å². The Morgan fingerprint density at radius 2 is 2.00 bits per heavy atom. The van der Waals surface area contributed by atoms with Gasteiger partial charge in [-0.05, 0) is 12.8 Å². The molecule has 1 saturated carbocycles. The van der Waals surface area contributed by atoms with E-state index >= 15 is 0 Å². The molecule has 0 radical (unpaired) electrons. The molecule has 1 atom stereocenters. The molecule has 2 heterocycles. The number of fused-ring (bicyclic) bond motifs is 1. The monoisotopic (exact) mass is 306 g/mol. The first-order chi connectivity index (χ1) is 5.81. The van der Waals surface area contributed by atoms with Gasteiger partial charge in [-0.2, -0.15) is 13.2 Å². The Labute approximate surface area is 88.2 Å². The second-order valence-corrected chi connectivity index (χ2v) is 5.13. The minimum absolute atomic E-state index is 0.463. The topological polar surface area (TPSA) is 9.23 Å². The van der Waals surface area contributed by atoms with Crippen molar-refractivity contribution in [1.29, 1.82) is 0 Å². The molecule has 2 bridgehead atoms. The number of hydrogen-bond acceptors (Lipinski definition) is 1. The van der Waals surface area contributed by atoms with Crippen molar-refractivity contribution in [3.63, 3.8) is 0 Å². The summed E-state index contributed by atoms with van der Waals surface area (Å²) in [5.74, 6) is 0. The molecule has 0 aromatic rings. The van der Waals surface area contributed by atoms with Crippen molar-refractivity contribution in [2.24, 2.45) is 5.41 Å². The SMILES string of the molecule is CC12CC(CI)(C1)OC2C(F)(F)F. The first kappa shape index (κ1) is 10.0. The smallest absolute Gasteiger partial charge is 0.361 e. The Kier molecular flexibility index (Phi) is 1.95. The van der Waals surface area contributed by atoms with Gasteiger partial charge in [-0.15, -0.1) is 0 Å². The summed E-state index contributed by atoms with van der Waals surface area (Å²) in [5, 5.41) is 0. The van der Waals surface area contributed by atoms with Crippen LogP contribution in [0.1, 0.15) is 19.8 Å². The first-order valence-corrected chi connectivity index (χ1v) is 5.64. The van der Waals surface area contributed by atoms with Gasteiger partial charge >= 0.3 is 6.18 Å². The van der Waals surface area contributed by atoms with Gasteiger partial charge in [0.2, 0.25) is 0 Å². The number of rotatable bonds is 1. The van der Waals surface area contributed by atoms with Crippen LogP contribution in [0.5, 0.6) is 0 Å². The van der Waals surface area contributed by atoms with E-state index in [1.54, 1.807) is 6.92 Å². The van der Waals surface area contributed by atoms with Crippen molar-refractivity contribution < 1.29 is 17.9 Å². The van der Waals surface area contributed by atoms with Crippen LogP contribution in [0.15, 0.2) is 0 Å². The molecule has 1 aliphatic carbocycles. The van der Waals surface area contributed by atoms with E-state index in [4.69, 9.17) is 4.74 Å². The number of hydrogen-bond donors (Lipinski definition) is 0. The fraction of sp³-hybridized carbons (Fsp3) is 1.00. The molecule has 3 aliphatic rings. The Morgan fingerprint density at radius 1 is 1.46 bits per heavy atom. The summed E-state index contributed by atoms with van der Waals surface area (Å²) in [7, 11) is 0. The average molecular weight is 306 g/mol. The van der Waals surface area contributed by atoms with Crippen LogP contribution in [-0.4, -0.2) is 22.3 Å². The lowest BCUT2D eigenvalue weighted by atomic mass is 9.62. The summed E-state index contributed by atoms with van der Waals surface area (Å²) in [5.41, 5.74) is -1.11. The molecule has 3 rings (SSSR count). The zero-order chi connectivity index (χ0) is 9.91. The average Bonchev–Trinajstić information content (AvgIpc) is 2.35. The van der Waals surface area contributed by atoms with Crippen molar-refractivity contribution in [3.05, 3.63) is 0 Å². The van der Waals surface area contributed by atoms with Crippen LogP contribution in [-0.2, 0) is 4.74 Å². The molecule has 3 fully saturated rings. The molecule has 0 spiro atoms. The summed E-state index contributed by atoms with van der Waals surface area (Å²) in [6, 6.07) is 0. The van der Waals surface area contributed by atoms with Gasteiger partial charge in [-0.25, -0.2) is 0 Å². The van der Waals surface area contributed by atoms with Crippen LogP contribution >= 0.6 is 22.6 Å². The van der Waals surface area contributed by atoms with Gasteiger partial charge in [-0.1, -0.05) is 29.5 Å². The molecule has 0 N–H and O–H groups in total. The van der Waals surface area contributed by atoms with Crippen LogP contribution in [0.3, 0.4) is 0 Å². The Morgan fingerprint density at radius 3 is 2.23 bits per heavy atom. The fourth-order valence-electron chi connectivity index (χ4n) is 2.67. The van der Waals surface area contributed by atoms with Crippen molar-refractivity contribution in [3.8, 4) is 0 Å². The lowest BCUT2D eigenvalue weighted by Gasteiger charge is -2.42. The molecule has 1 unspecified atom stereocenters. The minimum atomic E-state index is -4.20. The van der Waals surface area contributed by atoms with Crippen LogP contribution in [0.25, 0.3) is 0 Å². The van der Waals surface area contributed by atoms with Crippen LogP contribution in [0, 0.1) is 5.41 Å². The summed E-state index contributed by atoms with van der Waals surface area (Å²) < 4.78 is 43.2. The summed E-state index contributed by atoms with van der Waals surface area (Å²) in [4.78, 5) is 0. The number of alkyl halides is 4. The highest BCUT2D eigenvalue weighted by Gasteiger charge is 2.71. The van der Waals surface area contributed by atoms with Gasteiger partial charge in [0, 0.05) is 9.84 Å². The summed E-state index contributed by atoms with van der Waals surface area (Å²) in [6.07, 6.45) is -4.60. The highest BCUT2D eigenvalue weighted by Crippen LogP contribution is 2.64. The van der Waals surface area contributed by atoms with E-state index in [-0.39, 0.29) is 0 Å². The third-order valence-corrected chi connectivity index (χ3v) is 4.38. The van der Waals surface area contributed by atoms with Gasteiger partial charge in [0.25, 0.3) is 0 Å². The minimum Gasteiger partial charge on any atom is -0.361 e. The van der Waals surface area contributed by atoms with Gasteiger partial charge in [0.1, 0.15) is 0 Å². The van der Waals surface area contributed by atoms with E-state index in [2.05, 4.69) is 22.6 Å². The first-order valence-electron chi connectivity index (χ1n) is 4.12. The maximum atomic E-state index is 12.5. The normalized spacial score (nSPS) is 49.2. The summed E-state index contributed by atoms with van der Waals surface area (Å²) in [6.45, 7) is 1.67. The van der Waals surface area contributed by atoms with Crippen LogP contribution in [0.4, 0.5) is 13.2 Å². The van der Waals surface area contributed by atoms with E-state index in [0.717, 1.165) is 0 Å². The molecule has 1 nitrogen and oxygen atoms in total. The van der Waals surface area contributed by atoms with Gasteiger partial charge < -0.3 is 4.74 Å². The lowest BCUT2D eigenvalue weighted by Crippen LogP contribution is -2.46. The Balaban J connectivity index is 2.19. The van der Waals surface area contributed by atoms with E-state index in [9.17, 15) is 13.2 Å². The van der Waals surface area contributed by atoms with Crippen molar-refractivity contribution >= 4 is 22.6 Å². The maximum absolute atomic E-state index is 12.5. The van der Waals surface area contributed by atoms with Crippen molar-refractivity contribution in [2.45, 2.75) is 37.6 Å². The second-order valence-electron chi connectivity index (χ2n) is 4.36. The standard InChI is InChI=1S/C8H10F3IO/c1-6-2-7(3-6,4-12)13-5(6)8(9,10)11/h5H,2-4H2,1H3. The highest BCUT2D eigenvalue weighted by molar-refractivity contribution is 14.1. The Hall–Kier alpha value is 0.480. The zero-order valence-corrected chi connectivity index (χ0v) is 9.28. The molecule has 2 saturated heterocycles. The van der Waals surface area contributed by atoms with E-state index < -0.39 is 23.3 Å². The highest BCUT2D eigenvalue weighted by atomic mass is 127. The summed E-state index contributed by atoms with van der Waals surface area (Å²) >= 11 is 2.10. The van der Waals surface area contributed by atoms with Crippen molar-refractivity contribution in [1.82, 2.24) is 0 Å². The van der Waals surface area contributed by atoms with Crippen LogP contribution in [0.2, 0.25) is 0 Å². The molecule has 0 aromatic heterocycles. The van der Waals surface area contributed by atoms with E-state index in [1.165, 1.54) is 0 Å². The quantitative estimate of drug-likeness (QED) is 0.535. The zero-order valence-electron chi connectivity index (χ0n) is 7.12. The van der Waals surface area contributed by atoms with Crippen molar-refractivity contribution in [2.75, 3.05) is 4.43 Å². The molecule has 5 heteroatoms. The van der Waals surface area contributed by atoms with E-state index in [0.29, 0.717) is 17.3 Å². The molecular formula is C8H10F3IO.